The van der Waals surface area contributed by atoms with Crippen molar-refractivity contribution in [2.75, 3.05) is 13.2 Å². The minimum absolute atomic E-state index is 0.0354. The molecule has 0 spiro atoms. The first-order chi connectivity index (χ1) is 5.31. The highest BCUT2D eigenvalue weighted by Crippen LogP contribution is 2.22. The maximum atomic E-state index is 10.7. The van der Waals surface area contributed by atoms with Crippen molar-refractivity contribution in [3.63, 3.8) is 0 Å². The monoisotopic (exact) mass is 174 g/mol. The summed E-state index contributed by atoms with van der Waals surface area (Å²) in [5.41, 5.74) is 0. The zero-order chi connectivity index (χ0) is 8.53. The molecule has 3 nitrogen and oxygen atoms in total. The van der Waals surface area contributed by atoms with Gasteiger partial charge in [-0.1, -0.05) is 18.1 Å². The van der Waals surface area contributed by atoms with Crippen LogP contribution in [-0.4, -0.2) is 13.2 Å². The molecular weight excluding hydrogens is 163 g/mol. The molecule has 0 fully saturated rings. The summed E-state index contributed by atoms with van der Waals surface area (Å²) in [7, 11) is -2.37. The number of hydrogen-bond donors (Lipinski definition) is 0. The van der Waals surface area contributed by atoms with Crippen LogP contribution in [0.2, 0.25) is 0 Å². The summed E-state index contributed by atoms with van der Waals surface area (Å²) >= 11 is 0. The van der Waals surface area contributed by atoms with Gasteiger partial charge in [0.05, 0.1) is 6.61 Å². The standard InChI is InChI=1S/C7H11O3P/c1-3-5-7-10-11(8)9-6-4-2/h2-3,5,11H,6-7H2,1H3. The van der Waals surface area contributed by atoms with Gasteiger partial charge in [0, 0.05) is 0 Å². The summed E-state index contributed by atoms with van der Waals surface area (Å²) < 4.78 is 20.0. The predicted molar refractivity (Wildman–Crippen MR) is 44.6 cm³/mol. The van der Waals surface area contributed by atoms with Crippen LogP contribution in [0.3, 0.4) is 0 Å². The van der Waals surface area contributed by atoms with E-state index in [0.29, 0.717) is 6.61 Å². The topological polar surface area (TPSA) is 35.5 Å². The molecule has 11 heavy (non-hydrogen) atoms. The van der Waals surface area contributed by atoms with Gasteiger partial charge >= 0.3 is 8.25 Å². The van der Waals surface area contributed by atoms with Crippen LogP contribution in [-0.2, 0) is 13.6 Å². The van der Waals surface area contributed by atoms with E-state index in [4.69, 9.17) is 10.9 Å². The van der Waals surface area contributed by atoms with E-state index in [0.717, 1.165) is 0 Å². The molecule has 0 radical (unpaired) electrons. The third kappa shape index (κ3) is 7.35. The van der Waals surface area contributed by atoms with Gasteiger partial charge in [0.25, 0.3) is 0 Å². The smallest absolute Gasteiger partial charge is 0.306 e. The molecule has 1 atom stereocenters. The summed E-state index contributed by atoms with van der Waals surface area (Å²) in [4.78, 5) is 0. The molecule has 1 unspecified atom stereocenters. The highest BCUT2D eigenvalue weighted by Gasteiger charge is 1.94. The molecule has 0 aliphatic carbocycles. The Bertz CT molecular complexity index is 181. The van der Waals surface area contributed by atoms with Crippen molar-refractivity contribution >= 4 is 8.25 Å². The first kappa shape index (κ1) is 10.4. The number of rotatable bonds is 5. The van der Waals surface area contributed by atoms with E-state index in [1.165, 1.54) is 0 Å². The highest BCUT2D eigenvalue weighted by molar-refractivity contribution is 7.33. The van der Waals surface area contributed by atoms with Crippen LogP contribution >= 0.6 is 8.25 Å². The van der Waals surface area contributed by atoms with Crippen LogP contribution < -0.4 is 0 Å². The molecule has 0 aliphatic rings. The first-order valence-corrected chi connectivity index (χ1v) is 4.38. The normalized spacial score (nSPS) is 13.1. The van der Waals surface area contributed by atoms with Crippen molar-refractivity contribution in [3.8, 4) is 12.3 Å². The number of terminal acetylenes is 1. The lowest BCUT2D eigenvalue weighted by Gasteiger charge is -1.98. The Morgan fingerprint density at radius 2 is 2.36 bits per heavy atom. The van der Waals surface area contributed by atoms with E-state index in [2.05, 4.69) is 10.4 Å². The van der Waals surface area contributed by atoms with Gasteiger partial charge in [-0.2, -0.15) is 0 Å². The molecule has 0 aliphatic heterocycles. The van der Waals surface area contributed by atoms with Crippen LogP contribution in [0.5, 0.6) is 0 Å². The zero-order valence-electron chi connectivity index (χ0n) is 6.37. The van der Waals surface area contributed by atoms with Crippen molar-refractivity contribution < 1.29 is 13.6 Å². The molecule has 0 heterocycles. The van der Waals surface area contributed by atoms with Crippen LogP contribution in [0, 0.1) is 12.3 Å². The number of allylic oxidation sites excluding steroid dienone is 1. The molecule has 0 saturated carbocycles. The fraction of sp³-hybridized carbons (Fsp3) is 0.429. The molecule has 0 aromatic rings. The van der Waals surface area contributed by atoms with Gasteiger partial charge in [0.2, 0.25) is 0 Å². The summed E-state index contributed by atoms with van der Waals surface area (Å²) in [6.45, 7) is 2.19. The summed E-state index contributed by atoms with van der Waals surface area (Å²) in [5, 5.41) is 0. The van der Waals surface area contributed by atoms with Crippen LogP contribution in [0.25, 0.3) is 0 Å². The van der Waals surface area contributed by atoms with Gasteiger partial charge in [0.15, 0.2) is 0 Å². The lowest BCUT2D eigenvalue weighted by molar-refractivity contribution is 0.264. The fourth-order valence-electron chi connectivity index (χ4n) is 0.355. The molecule has 0 aromatic heterocycles. The Labute approximate surface area is 67.3 Å². The zero-order valence-corrected chi connectivity index (χ0v) is 7.37. The second kappa shape index (κ2) is 7.56. The molecule has 0 rings (SSSR count). The maximum absolute atomic E-state index is 10.7. The van der Waals surface area contributed by atoms with E-state index in [1.807, 2.05) is 6.92 Å². The van der Waals surface area contributed by atoms with Crippen molar-refractivity contribution in [1.82, 2.24) is 0 Å². The van der Waals surface area contributed by atoms with E-state index in [-0.39, 0.29) is 6.61 Å². The van der Waals surface area contributed by atoms with Crippen molar-refractivity contribution in [2.24, 2.45) is 0 Å². The van der Waals surface area contributed by atoms with E-state index < -0.39 is 8.25 Å². The first-order valence-electron chi connectivity index (χ1n) is 3.15. The van der Waals surface area contributed by atoms with Crippen LogP contribution in [0.1, 0.15) is 6.92 Å². The Balaban J connectivity index is 3.31. The molecule has 0 amide bonds. The lowest BCUT2D eigenvalue weighted by Crippen LogP contribution is -1.85. The Kier molecular flexibility index (Phi) is 7.18. The third-order valence-electron chi connectivity index (χ3n) is 0.806. The summed E-state index contributed by atoms with van der Waals surface area (Å²) in [6, 6.07) is 0. The van der Waals surface area contributed by atoms with Gasteiger partial charge in [0.1, 0.15) is 6.61 Å². The van der Waals surface area contributed by atoms with Crippen LogP contribution in [0.15, 0.2) is 12.2 Å². The van der Waals surface area contributed by atoms with Crippen molar-refractivity contribution in [1.29, 1.82) is 0 Å². The SMILES string of the molecule is C#CCO[PH](=O)OCC=CC. The number of hydrogen-bond acceptors (Lipinski definition) is 3. The summed E-state index contributed by atoms with van der Waals surface area (Å²) in [5.74, 6) is 2.19. The van der Waals surface area contributed by atoms with Gasteiger partial charge in [-0.15, -0.1) is 6.42 Å². The Morgan fingerprint density at radius 3 is 2.91 bits per heavy atom. The average Bonchev–Trinajstić information content (AvgIpc) is 2.01. The van der Waals surface area contributed by atoms with Gasteiger partial charge in [-0.05, 0) is 6.92 Å². The van der Waals surface area contributed by atoms with E-state index >= 15 is 0 Å². The Morgan fingerprint density at radius 1 is 1.64 bits per heavy atom. The molecule has 0 saturated heterocycles. The summed E-state index contributed by atoms with van der Waals surface area (Å²) in [6.07, 6.45) is 8.40. The lowest BCUT2D eigenvalue weighted by atomic mass is 10.6. The second-order valence-electron chi connectivity index (χ2n) is 1.62. The van der Waals surface area contributed by atoms with Crippen molar-refractivity contribution in [2.45, 2.75) is 6.92 Å². The maximum Gasteiger partial charge on any atom is 0.320 e. The highest BCUT2D eigenvalue weighted by atomic mass is 31.1. The van der Waals surface area contributed by atoms with Crippen molar-refractivity contribution in [3.05, 3.63) is 12.2 Å². The van der Waals surface area contributed by atoms with Gasteiger partial charge in [-0.3, -0.25) is 9.09 Å². The molecule has 0 aromatic carbocycles. The van der Waals surface area contributed by atoms with Gasteiger partial charge < -0.3 is 4.52 Å². The predicted octanol–water partition coefficient (Wildman–Crippen LogP) is 1.62. The van der Waals surface area contributed by atoms with Crippen LogP contribution in [0.4, 0.5) is 0 Å². The molecule has 4 heteroatoms. The average molecular weight is 174 g/mol. The second-order valence-corrected chi connectivity index (χ2v) is 2.70. The minimum Gasteiger partial charge on any atom is -0.306 e. The molecule has 0 N–H and O–H groups in total. The quantitative estimate of drug-likeness (QED) is 0.361. The van der Waals surface area contributed by atoms with Gasteiger partial charge in [-0.25, -0.2) is 0 Å². The largest absolute Gasteiger partial charge is 0.320 e. The Hall–Kier alpha value is -0.550. The fourth-order valence-corrected chi connectivity index (χ4v) is 0.871. The van der Waals surface area contributed by atoms with E-state index in [1.54, 1.807) is 12.2 Å². The molecular formula is C7H11O3P. The molecule has 62 valence electrons. The molecule has 0 bridgehead atoms. The van der Waals surface area contributed by atoms with E-state index in [9.17, 15) is 4.57 Å². The third-order valence-corrected chi connectivity index (χ3v) is 1.59. The minimum atomic E-state index is -2.37.